The van der Waals surface area contributed by atoms with Crippen LogP contribution in [-0.2, 0) is 5.92 Å². The molecule has 0 aliphatic heterocycles. The van der Waals surface area contributed by atoms with E-state index in [0.29, 0.717) is 0 Å². The van der Waals surface area contributed by atoms with Gasteiger partial charge in [0.1, 0.15) is 0 Å². The maximum absolute atomic E-state index is 12.6. The zero-order valence-electron chi connectivity index (χ0n) is 6.59. The molecular weight excluding hydrogens is 206 g/mol. The lowest BCUT2D eigenvalue weighted by Gasteiger charge is -2.13. The fraction of sp³-hybridized carbons (Fsp3) is 0.400. The Balaban J connectivity index is 3.18. The van der Waals surface area contributed by atoms with Crippen LogP contribution in [0.15, 0.2) is 0 Å². The molecule has 0 aliphatic rings. The van der Waals surface area contributed by atoms with Gasteiger partial charge in [-0.15, -0.1) is 0 Å². The zero-order chi connectivity index (χ0) is 10.9. The summed E-state index contributed by atoms with van der Waals surface area (Å²) in [5.74, 6) is -7.18. The van der Waals surface area contributed by atoms with Crippen LogP contribution in [0, 0.1) is 0 Å². The minimum Gasteiger partial charge on any atom is -0.368 e. The van der Waals surface area contributed by atoms with Crippen LogP contribution >= 0.6 is 0 Å². The molecule has 0 bridgehead atoms. The first kappa shape index (κ1) is 10.4. The van der Waals surface area contributed by atoms with E-state index >= 15 is 0 Å². The first-order valence-corrected chi connectivity index (χ1v) is 3.27. The second-order valence-electron chi connectivity index (χ2n) is 2.30. The summed E-state index contributed by atoms with van der Waals surface area (Å²) in [5, 5.41) is 0. The average molecular weight is 211 g/mol. The minimum absolute atomic E-state index is 0.632. The van der Waals surface area contributed by atoms with Gasteiger partial charge in [0.25, 0.3) is 0 Å². The van der Waals surface area contributed by atoms with E-state index in [0.717, 1.165) is 0 Å². The van der Waals surface area contributed by atoms with Crippen molar-refractivity contribution in [3.8, 4) is 0 Å². The number of nitrogens with zero attached hydrogens (tertiary/aromatic N) is 3. The number of anilines is 2. The number of rotatable bonds is 2. The number of nitrogens with two attached hydrogens (primary N) is 2. The molecule has 0 amide bonds. The second kappa shape index (κ2) is 3.24. The van der Waals surface area contributed by atoms with E-state index in [2.05, 4.69) is 15.0 Å². The van der Waals surface area contributed by atoms with Crippen molar-refractivity contribution in [3.05, 3.63) is 5.82 Å². The quantitative estimate of drug-likeness (QED) is 0.690. The van der Waals surface area contributed by atoms with E-state index in [9.17, 15) is 17.6 Å². The molecule has 1 rings (SSSR count). The van der Waals surface area contributed by atoms with E-state index in [1.165, 1.54) is 0 Å². The van der Waals surface area contributed by atoms with Crippen molar-refractivity contribution in [2.75, 3.05) is 11.5 Å². The van der Waals surface area contributed by atoms with Crippen LogP contribution in [-0.4, -0.2) is 21.4 Å². The lowest BCUT2D eigenvalue weighted by Crippen LogP contribution is -2.27. The van der Waals surface area contributed by atoms with Crippen molar-refractivity contribution >= 4 is 11.9 Å². The summed E-state index contributed by atoms with van der Waals surface area (Å²) in [4.78, 5) is 8.91. The Kier molecular flexibility index (Phi) is 2.41. The molecule has 9 heteroatoms. The Bertz CT molecular complexity index is 321. The normalized spacial score (nSPS) is 12.1. The molecule has 1 aromatic rings. The Hall–Kier alpha value is -1.67. The minimum atomic E-state index is -4.48. The lowest BCUT2D eigenvalue weighted by atomic mass is 10.3. The predicted molar refractivity (Wildman–Crippen MR) is 38.5 cm³/mol. The predicted octanol–water partition coefficient (Wildman–Crippen LogP) is 0.393. The smallest absolute Gasteiger partial charge is 0.365 e. The van der Waals surface area contributed by atoms with Gasteiger partial charge in [-0.05, 0) is 0 Å². The van der Waals surface area contributed by atoms with Gasteiger partial charge >= 0.3 is 12.3 Å². The highest BCUT2D eigenvalue weighted by Gasteiger charge is 2.46. The Morgan fingerprint density at radius 2 is 1.43 bits per heavy atom. The zero-order valence-corrected chi connectivity index (χ0v) is 6.59. The van der Waals surface area contributed by atoms with E-state index < -0.39 is 30.1 Å². The third kappa shape index (κ3) is 1.80. The molecule has 14 heavy (non-hydrogen) atoms. The summed E-state index contributed by atoms with van der Waals surface area (Å²) in [5.41, 5.74) is 9.87. The molecule has 1 heterocycles. The van der Waals surface area contributed by atoms with Crippen LogP contribution in [0.3, 0.4) is 0 Å². The van der Waals surface area contributed by atoms with Gasteiger partial charge in [-0.3, -0.25) is 0 Å². The first-order chi connectivity index (χ1) is 6.34. The van der Waals surface area contributed by atoms with Crippen LogP contribution < -0.4 is 11.5 Å². The molecule has 78 valence electrons. The molecule has 0 spiro atoms. The third-order valence-electron chi connectivity index (χ3n) is 1.24. The Labute approximate surface area is 75.2 Å². The van der Waals surface area contributed by atoms with Crippen molar-refractivity contribution in [3.63, 3.8) is 0 Å². The SMILES string of the molecule is Nc1nc(N)nc(C(F)(F)C(F)F)n1. The molecule has 1 aromatic heterocycles. The van der Waals surface area contributed by atoms with E-state index in [-0.39, 0.29) is 0 Å². The molecule has 0 saturated heterocycles. The second-order valence-corrected chi connectivity index (χ2v) is 2.30. The van der Waals surface area contributed by atoms with Crippen molar-refractivity contribution < 1.29 is 17.6 Å². The summed E-state index contributed by atoms with van der Waals surface area (Å²) < 4.78 is 48.9. The number of alkyl halides is 4. The summed E-state index contributed by atoms with van der Waals surface area (Å²) in [6.07, 6.45) is -3.93. The van der Waals surface area contributed by atoms with E-state index in [1.54, 1.807) is 0 Å². The highest BCUT2D eigenvalue weighted by molar-refractivity contribution is 5.27. The molecule has 0 atom stereocenters. The third-order valence-corrected chi connectivity index (χ3v) is 1.24. The first-order valence-electron chi connectivity index (χ1n) is 3.27. The molecular formula is C5H5F4N5. The van der Waals surface area contributed by atoms with Crippen molar-refractivity contribution in [1.29, 1.82) is 0 Å². The molecule has 0 aliphatic carbocycles. The maximum Gasteiger partial charge on any atom is 0.365 e. The molecule has 0 saturated carbocycles. The number of aromatic nitrogens is 3. The molecule has 0 fully saturated rings. The average Bonchev–Trinajstić information content (AvgIpc) is 2.01. The number of hydrogen-bond acceptors (Lipinski definition) is 5. The summed E-state index contributed by atoms with van der Waals surface area (Å²) in [7, 11) is 0. The topological polar surface area (TPSA) is 90.7 Å². The van der Waals surface area contributed by atoms with Crippen LogP contribution in [0.5, 0.6) is 0 Å². The van der Waals surface area contributed by atoms with Crippen LogP contribution in [0.4, 0.5) is 29.5 Å². The molecule has 0 radical (unpaired) electrons. The number of halogens is 4. The highest BCUT2D eigenvalue weighted by atomic mass is 19.3. The van der Waals surface area contributed by atoms with Crippen molar-refractivity contribution in [2.24, 2.45) is 0 Å². The van der Waals surface area contributed by atoms with Gasteiger partial charge in [0.2, 0.25) is 17.7 Å². The van der Waals surface area contributed by atoms with E-state index in [4.69, 9.17) is 11.5 Å². The van der Waals surface area contributed by atoms with Gasteiger partial charge in [0, 0.05) is 0 Å². The van der Waals surface area contributed by atoms with Gasteiger partial charge < -0.3 is 11.5 Å². The Morgan fingerprint density at radius 3 is 1.79 bits per heavy atom. The molecule has 0 aromatic carbocycles. The van der Waals surface area contributed by atoms with Gasteiger partial charge in [-0.25, -0.2) is 8.78 Å². The molecule has 4 N–H and O–H groups in total. The number of hydrogen-bond donors (Lipinski definition) is 2. The maximum atomic E-state index is 12.6. The van der Waals surface area contributed by atoms with Crippen LogP contribution in [0.25, 0.3) is 0 Å². The van der Waals surface area contributed by atoms with Gasteiger partial charge in [-0.2, -0.15) is 23.7 Å². The largest absolute Gasteiger partial charge is 0.368 e. The van der Waals surface area contributed by atoms with Gasteiger partial charge in [0.05, 0.1) is 0 Å². The fourth-order valence-electron chi connectivity index (χ4n) is 0.656. The van der Waals surface area contributed by atoms with E-state index in [1.807, 2.05) is 0 Å². The van der Waals surface area contributed by atoms with Crippen LogP contribution in [0.1, 0.15) is 5.82 Å². The van der Waals surface area contributed by atoms with Crippen LogP contribution in [0.2, 0.25) is 0 Å². The molecule has 0 unspecified atom stereocenters. The standard InChI is InChI=1S/C5H5F4N5/c6-1(7)5(8,9)2-12-3(10)14-4(11)13-2/h1H,(H4,10,11,12,13,14). The Morgan fingerprint density at radius 1 is 1.00 bits per heavy atom. The highest BCUT2D eigenvalue weighted by Crippen LogP contribution is 2.32. The van der Waals surface area contributed by atoms with Gasteiger partial charge in [0.15, 0.2) is 0 Å². The monoisotopic (exact) mass is 211 g/mol. The summed E-state index contributed by atoms with van der Waals surface area (Å²) >= 11 is 0. The summed E-state index contributed by atoms with van der Waals surface area (Å²) in [6, 6.07) is 0. The van der Waals surface area contributed by atoms with Crippen molar-refractivity contribution in [1.82, 2.24) is 15.0 Å². The number of nitrogen functional groups attached to an aromatic ring is 2. The molecule has 5 nitrogen and oxygen atoms in total. The van der Waals surface area contributed by atoms with Gasteiger partial charge in [-0.1, -0.05) is 0 Å². The fourth-order valence-corrected chi connectivity index (χ4v) is 0.656. The lowest BCUT2D eigenvalue weighted by molar-refractivity contribution is -0.140. The summed E-state index contributed by atoms with van der Waals surface area (Å²) in [6.45, 7) is 0. The van der Waals surface area contributed by atoms with Crippen molar-refractivity contribution in [2.45, 2.75) is 12.3 Å².